The second-order valence-electron chi connectivity index (χ2n) is 3.50. The molecule has 1 aromatic heterocycles. The Morgan fingerprint density at radius 3 is 2.83 bits per heavy atom. The summed E-state index contributed by atoms with van der Waals surface area (Å²) in [6.07, 6.45) is 0. The van der Waals surface area contributed by atoms with Crippen molar-refractivity contribution in [3.63, 3.8) is 0 Å². The van der Waals surface area contributed by atoms with Crippen LogP contribution in [0.5, 0.6) is 0 Å². The molecule has 2 rings (SSSR count). The number of nitrogens with one attached hydrogen (secondary N) is 1. The van der Waals surface area contributed by atoms with Crippen LogP contribution in [-0.2, 0) is 6.54 Å². The van der Waals surface area contributed by atoms with E-state index in [1.165, 1.54) is 11.3 Å². The van der Waals surface area contributed by atoms with E-state index in [1.54, 1.807) is 11.4 Å². The van der Waals surface area contributed by atoms with E-state index in [2.05, 4.69) is 5.32 Å². The van der Waals surface area contributed by atoms with Crippen molar-refractivity contribution >= 4 is 34.3 Å². The van der Waals surface area contributed by atoms with Crippen LogP contribution in [0.3, 0.4) is 0 Å². The lowest BCUT2D eigenvalue weighted by molar-refractivity contribution is -0.384. The van der Waals surface area contributed by atoms with Crippen LogP contribution < -0.4 is 5.32 Å². The number of hydrogen-bond acceptors (Lipinski definition) is 4. The Labute approximate surface area is 111 Å². The summed E-state index contributed by atoms with van der Waals surface area (Å²) in [5.41, 5.74) is 0.00331. The summed E-state index contributed by atoms with van der Waals surface area (Å²) in [5.74, 6) is -0.521. The summed E-state index contributed by atoms with van der Waals surface area (Å²) < 4.78 is 13.1. The highest BCUT2D eigenvalue weighted by Gasteiger charge is 2.14. The average molecular weight is 287 g/mol. The van der Waals surface area contributed by atoms with Gasteiger partial charge in [0.1, 0.15) is 11.5 Å². The second-order valence-corrected chi connectivity index (χ2v) is 4.94. The number of benzene rings is 1. The molecular weight excluding hydrogens is 279 g/mol. The molecule has 0 aliphatic rings. The molecule has 7 heteroatoms. The molecule has 1 aromatic carbocycles. The molecule has 1 heterocycles. The Morgan fingerprint density at radius 1 is 1.44 bits per heavy atom. The van der Waals surface area contributed by atoms with E-state index in [0.29, 0.717) is 11.6 Å². The van der Waals surface area contributed by atoms with Crippen molar-refractivity contribution in [3.8, 4) is 0 Å². The largest absolute Gasteiger partial charge is 0.375 e. The van der Waals surface area contributed by atoms with E-state index in [0.717, 1.165) is 23.1 Å². The maximum absolute atomic E-state index is 13.1. The summed E-state index contributed by atoms with van der Waals surface area (Å²) >= 11 is 7.19. The van der Waals surface area contributed by atoms with Crippen LogP contribution in [0, 0.1) is 15.9 Å². The van der Waals surface area contributed by atoms with Crippen molar-refractivity contribution in [1.29, 1.82) is 0 Å². The minimum atomic E-state index is -0.552. The molecular formula is C11H8ClFN2O2S. The van der Waals surface area contributed by atoms with Gasteiger partial charge in [-0.1, -0.05) is 11.6 Å². The minimum absolute atomic E-state index is 0.154. The predicted octanol–water partition coefficient (Wildman–Crippen LogP) is 4.06. The highest BCUT2D eigenvalue weighted by atomic mass is 35.5. The van der Waals surface area contributed by atoms with Crippen LogP contribution in [-0.4, -0.2) is 4.92 Å². The number of nitro benzene ring substituents is 1. The monoisotopic (exact) mass is 286 g/mol. The van der Waals surface area contributed by atoms with Gasteiger partial charge >= 0.3 is 0 Å². The van der Waals surface area contributed by atoms with Crippen molar-refractivity contribution in [2.45, 2.75) is 6.54 Å². The first-order valence-corrected chi connectivity index (χ1v) is 6.23. The number of rotatable bonds is 4. The van der Waals surface area contributed by atoms with Crippen molar-refractivity contribution < 1.29 is 9.31 Å². The molecule has 0 atom stereocenters. The maximum atomic E-state index is 13.1. The molecule has 0 radical (unpaired) electrons. The fourth-order valence-electron chi connectivity index (χ4n) is 1.44. The lowest BCUT2D eigenvalue weighted by Crippen LogP contribution is -2.01. The van der Waals surface area contributed by atoms with Gasteiger partial charge in [0.15, 0.2) is 0 Å². The van der Waals surface area contributed by atoms with E-state index in [9.17, 15) is 14.5 Å². The molecule has 4 nitrogen and oxygen atoms in total. The summed E-state index contributed by atoms with van der Waals surface area (Å²) in [7, 11) is 0. The summed E-state index contributed by atoms with van der Waals surface area (Å²) in [6, 6.07) is 5.06. The van der Waals surface area contributed by atoms with Gasteiger partial charge in [0.2, 0.25) is 0 Å². The smallest absolute Gasteiger partial charge is 0.292 e. The average Bonchev–Trinajstić information content (AvgIpc) is 2.72. The van der Waals surface area contributed by atoms with Gasteiger partial charge in [-0.25, -0.2) is 4.39 Å². The van der Waals surface area contributed by atoms with E-state index >= 15 is 0 Å². The molecule has 0 fully saturated rings. The Morgan fingerprint density at radius 2 is 2.22 bits per heavy atom. The van der Waals surface area contributed by atoms with Crippen LogP contribution in [0.4, 0.5) is 15.8 Å². The van der Waals surface area contributed by atoms with Crippen LogP contribution >= 0.6 is 22.9 Å². The first kappa shape index (κ1) is 12.8. The van der Waals surface area contributed by atoms with Crippen molar-refractivity contribution in [3.05, 3.63) is 55.5 Å². The lowest BCUT2D eigenvalue weighted by Gasteiger charge is -2.05. The maximum Gasteiger partial charge on any atom is 0.292 e. The van der Waals surface area contributed by atoms with Gasteiger partial charge in [0.25, 0.3) is 5.69 Å². The highest BCUT2D eigenvalue weighted by molar-refractivity contribution is 7.10. The molecule has 0 spiro atoms. The highest BCUT2D eigenvalue weighted by Crippen LogP contribution is 2.26. The number of halogens is 2. The number of hydrogen-bond donors (Lipinski definition) is 1. The third-order valence-corrected chi connectivity index (χ3v) is 3.51. The lowest BCUT2D eigenvalue weighted by atomic mass is 10.2. The van der Waals surface area contributed by atoms with E-state index in [-0.39, 0.29) is 11.4 Å². The predicted molar refractivity (Wildman–Crippen MR) is 69.7 cm³/mol. The fourth-order valence-corrected chi connectivity index (χ4v) is 2.45. The van der Waals surface area contributed by atoms with Gasteiger partial charge in [-0.3, -0.25) is 10.1 Å². The first-order valence-electron chi connectivity index (χ1n) is 4.97. The zero-order valence-corrected chi connectivity index (χ0v) is 10.6. The van der Waals surface area contributed by atoms with Gasteiger partial charge in [0, 0.05) is 28.9 Å². The van der Waals surface area contributed by atoms with Crippen LogP contribution in [0.25, 0.3) is 0 Å². The molecule has 94 valence electrons. The molecule has 0 saturated heterocycles. The van der Waals surface area contributed by atoms with Crippen LogP contribution in [0.1, 0.15) is 4.88 Å². The fraction of sp³-hybridized carbons (Fsp3) is 0.0909. The Balaban J connectivity index is 2.17. The third kappa shape index (κ3) is 2.96. The molecule has 2 aromatic rings. The van der Waals surface area contributed by atoms with Gasteiger partial charge < -0.3 is 5.32 Å². The zero-order valence-electron chi connectivity index (χ0n) is 9.02. The molecule has 0 saturated carbocycles. The van der Waals surface area contributed by atoms with Crippen LogP contribution in [0.15, 0.2) is 29.6 Å². The number of anilines is 1. The zero-order chi connectivity index (χ0) is 13.1. The molecule has 1 N–H and O–H groups in total. The summed E-state index contributed by atoms with van der Waals surface area (Å²) in [4.78, 5) is 11.1. The minimum Gasteiger partial charge on any atom is -0.375 e. The van der Waals surface area contributed by atoms with Crippen LogP contribution in [0.2, 0.25) is 5.02 Å². The van der Waals surface area contributed by atoms with E-state index in [4.69, 9.17) is 11.6 Å². The molecule has 0 amide bonds. The summed E-state index contributed by atoms with van der Waals surface area (Å²) in [6.45, 7) is 0.363. The van der Waals surface area contributed by atoms with Crippen molar-refractivity contribution in [1.82, 2.24) is 0 Å². The third-order valence-electron chi connectivity index (χ3n) is 2.23. The number of thiophene rings is 1. The number of nitro groups is 1. The van der Waals surface area contributed by atoms with Crippen molar-refractivity contribution in [2.24, 2.45) is 0 Å². The molecule has 0 aliphatic carbocycles. The SMILES string of the molecule is O=[N+]([O-])c1ccc(F)cc1NCc1cc(Cl)cs1. The molecule has 18 heavy (non-hydrogen) atoms. The Hall–Kier alpha value is -1.66. The second kappa shape index (κ2) is 5.32. The molecule has 0 aliphatic heterocycles. The van der Waals surface area contributed by atoms with E-state index < -0.39 is 10.7 Å². The Kier molecular flexibility index (Phi) is 3.78. The van der Waals surface area contributed by atoms with Gasteiger partial charge in [-0.15, -0.1) is 11.3 Å². The molecule has 0 bridgehead atoms. The van der Waals surface area contributed by atoms with Gasteiger partial charge in [-0.2, -0.15) is 0 Å². The Bertz CT molecular complexity index is 588. The van der Waals surface area contributed by atoms with Crippen molar-refractivity contribution in [2.75, 3.05) is 5.32 Å². The van der Waals surface area contributed by atoms with Gasteiger partial charge in [-0.05, 0) is 12.1 Å². The normalized spacial score (nSPS) is 10.3. The first-order chi connectivity index (χ1) is 8.56. The number of nitrogens with zero attached hydrogens (tertiary/aromatic N) is 1. The summed E-state index contributed by atoms with van der Waals surface area (Å²) in [5, 5.41) is 16.0. The standard InChI is InChI=1S/C11H8ClFN2O2S/c12-7-3-9(18-6-7)5-14-10-4-8(13)1-2-11(10)15(16)17/h1-4,6,14H,5H2. The van der Waals surface area contributed by atoms with Gasteiger partial charge in [0.05, 0.1) is 9.95 Å². The van der Waals surface area contributed by atoms with E-state index in [1.807, 2.05) is 0 Å². The quantitative estimate of drug-likeness (QED) is 0.681. The molecule has 0 unspecified atom stereocenters. The topological polar surface area (TPSA) is 55.2 Å².